The van der Waals surface area contributed by atoms with E-state index in [-0.39, 0.29) is 42.8 Å². The number of hydrogen-bond donors (Lipinski definition) is 2. The molecule has 0 aliphatic carbocycles. The lowest BCUT2D eigenvalue weighted by molar-refractivity contribution is -0.135. The summed E-state index contributed by atoms with van der Waals surface area (Å²) < 4.78 is 12.0. The van der Waals surface area contributed by atoms with E-state index in [1.54, 1.807) is 28.0 Å². The van der Waals surface area contributed by atoms with E-state index in [9.17, 15) is 19.2 Å². The van der Waals surface area contributed by atoms with Crippen LogP contribution in [-0.2, 0) is 20.9 Å². The predicted molar refractivity (Wildman–Crippen MR) is 142 cm³/mol. The van der Waals surface area contributed by atoms with Gasteiger partial charge in [-0.2, -0.15) is 0 Å². The summed E-state index contributed by atoms with van der Waals surface area (Å²) in [6.45, 7) is 3.95. The average molecular weight is 535 g/mol. The van der Waals surface area contributed by atoms with Crippen molar-refractivity contribution in [2.75, 3.05) is 32.8 Å². The van der Waals surface area contributed by atoms with Crippen LogP contribution in [0.3, 0.4) is 0 Å². The highest BCUT2D eigenvalue weighted by atomic mass is 16.5. The molecular formula is C29H34N4O6. The number of carbonyl (C=O) groups excluding carboxylic acids is 4. The van der Waals surface area contributed by atoms with Gasteiger partial charge in [0.25, 0.3) is 11.8 Å². The minimum Gasteiger partial charge on any atom is -0.488 e. The molecule has 4 aliphatic rings. The second-order valence-corrected chi connectivity index (χ2v) is 10.3. The maximum Gasteiger partial charge on any atom is 0.258 e. The molecule has 4 heterocycles. The van der Waals surface area contributed by atoms with Gasteiger partial charge in [-0.05, 0) is 48.7 Å². The van der Waals surface area contributed by atoms with E-state index >= 15 is 0 Å². The molecule has 2 fully saturated rings. The Labute approximate surface area is 227 Å². The molecule has 2 aromatic rings. The summed E-state index contributed by atoms with van der Waals surface area (Å²) in [6.07, 6.45) is 1.83. The van der Waals surface area contributed by atoms with Gasteiger partial charge in [0.05, 0.1) is 6.04 Å². The Balaban J connectivity index is 1.35. The van der Waals surface area contributed by atoms with Gasteiger partial charge in [0.15, 0.2) is 6.61 Å². The molecule has 0 spiro atoms. The minimum atomic E-state index is -0.451. The lowest BCUT2D eigenvalue weighted by Gasteiger charge is -2.39. The number of nitrogens with zero attached hydrogens (tertiary/aromatic N) is 2. The Morgan fingerprint density at radius 3 is 2.67 bits per heavy atom. The van der Waals surface area contributed by atoms with Crippen molar-refractivity contribution in [1.82, 2.24) is 20.4 Å². The third kappa shape index (κ3) is 6.50. The Kier molecular flexibility index (Phi) is 7.99. The number of benzene rings is 2. The van der Waals surface area contributed by atoms with Gasteiger partial charge in [0.2, 0.25) is 11.8 Å². The number of nitrogens with one attached hydrogen (secondary N) is 2. The van der Waals surface area contributed by atoms with Crippen molar-refractivity contribution >= 4 is 23.6 Å². The summed E-state index contributed by atoms with van der Waals surface area (Å²) in [5.41, 5.74) is 2.11. The fourth-order valence-electron chi connectivity index (χ4n) is 5.17. The Bertz CT molecular complexity index is 1250. The van der Waals surface area contributed by atoms with Gasteiger partial charge in [-0.15, -0.1) is 0 Å². The third-order valence-corrected chi connectivity index (χ3v) is 7.50. The first-order chi connectivity index (χ1) is 18.9. The Morgan fingerprint density at radius 1 is 1.08 bits per heavy atom. The number of rotatable bonds is 3. The molecule has 2 atom stereocenters. The van der Waals surface area contributed by atoms with Gasteiger partial charge in [0.1, 0.15) is 17.6 Å². The number of carbonyl (C=O) groups is 4. The molecule has 0 unspecified atom stereocenters. The fourth-order valence-corrected chi connectivity index (χ4v) is 5.17. The number of likely N-dealkylation sites (tertiary alicyclic amines) is 2. The van der Waals surface area contributed by atoms with Crippen LogP contribution in [0.25, 0.3) is 0 Å². The number of piperidine rings is 1. The quantitative estimate of drug-likeness (QED) is 0.620. The largest absolute Gasteiger partial charge is 0.488 e. The normalized spacial score (nSPS) is 21.8. The molecule has 2 saturated heterocycles. The molecule has 10 nitrogen and oxygen atoms in total. The van der Waals surface area contributed by atoms with Crippen molar-refractivity contribution in [2.45, 2.75) is 51.3 Å². The van der Waals surface area contributed by atoms with Crippen molar-refractivity contribution in [2.24, 2.45) is 0 Å². The monoisotopic (exact) mass is 534 g/mol. The molecule has 4 amide bonds. The molecular weight excluding hydrogens is 500 g/mol. The molecule has 10 heteroatoms. The molecule has 0 saturated carbocycles. The van der Waals surface area contributed by atoms with E-state index in [1.807, 2.05) is 31.2 Å². The first-order valence-corrected chi connectivity index (χ1v) is 13.5. The highest BCUT2D eigenvalue weighted by Crippen LogP contribution is 2.23. The second-order valence-electron chi connectivity index (χ2n) is 10.3. The Hall–Kier alpha value is -4.08. The van der Waals surface area contributed by atoms with Gasteiger partial charge >= 0.3 is 0 Å². The van der Waals surface area contributed by atoms with Crippen molar-refractivity contribution < 1.29 is 28.7 Å². The Morgan fingerprint density at radius 2 is 1.90 bits per heavy atom. The van der Waals surface area contributed by atoms with Crippen molar-refractivity contribution in [1.29, 1.82) is 0 Å². The van der Waals surface area contributed by atoms with Crippen molar-refractivity contribution in [3.05, 3.63) is 59.2 Å². The van der Waals surface area contributed by atoms with Crippen LogP contribution in [0.1, 0.15) is 47.2 Å². The van der Waals surface area contributed by atoms with Crippen LogP contribution in [0.15, 0.2) is 42.5 Å². The van der Waals surface area contributed by atoms with E-state index in [0.717, 1.165) is 17.5 Å². The summed E-state index contributed by atoms with van der Waals surface area (Å²) in [4.78, 5) is 54.2. The SMILES string of the molecule is Cc1ccc2cc1OCC(=O)NCc1ccc(cc1)O[C@H]1CCN(C(=O)CCN3CCCC3=O)C[C@@H]1NC2=O. The topological polar surface area (TPSA) is 117 Å². The van der Waals surface area contributed by atoms with Gasteiger partial charge in [-0.1, -0.05) is 18.2 Å². The molecule has 4 aliphatic heterocycles. The lowest BCUT2D eigenvalue weighted by atomic mass is 10.00. The van der Waals surface area contributed by atoms with Crippen LogP contribution in [0.2, 0.25) is 0 Å². The lowest BCUT2D eigenvalue weighted by Crippen LogP contribution is -2.58. The number of fused-ring (bicyclic) bond motifs is 7. The second kappa shape index (κ2) is 11.8. The first kappa shape index (κ1) is 26.5. The summed E-state index contributed by atoms with van der Waals surface area (Å²) in [6, 6.07) is 12.1. The third-order valence-electron chi connectivity index (χ3n) is 7.50. The first-order valence-electron chi connectivity index (χ1n) is 13.5. The smallest absolute Gasteiger partial charge is 0.258 e. The molecule has 2 N–H and O–H groups in total. The van der Waals surface area contributed by atoms with Crippen LogP contribution >= 0.6 is 0 Å². The highest BCUT2D eigenvalue weighted by molar-refractivity contribution is 5.95. The number of hydrogen-bond acceptors (Lipinski definition) is 6. The summed E-state index contributed by atoms with van der Waals surface area (Å²) in [5, 5.41) is 5.91. The maximum absolute atomic E-state index is 13.3. The van der Waals surface area contributed by atoms with Gasteiger partial charge in [-0.3, -0.25) is 19.2 Å². The number of amides is 4. The zero-order valence-electron chi connectivity index (χ0n) is 22.1. The van der Waals surface area contributed by atoms with E-state index in [1.165, 1.54) is 0 Å². The molecule has 0 aromatic heterocycles. The molecule has 6 rings (SSSR count). The van der Waals surface area contributed by atoms with Crippen molar-refractivity contribution in [3.63, 3.8) is 0 Å². The molecule has 39 heavy (non-hydrogen) atoms. The highest BCUT2D eigenvalue weighted by Gasteiger charge is 2.35. The van der Waals surface area contributed by atoms with E-state index in [4.69, 9.17) is 9.47 Å². The average Bonchev–Trinajstić information content (AvgIpc) is 3.35. The van der Waals surface area contributed by atoms with Crippen LogP contribution in [0, 0.1) is 6.92 Å². The molecule has 2 aromatic carbocycles. The molecule has 4 bridgehead atoms. The molecule has 206 valence electrons. The maximum atomic E-state index is 13.3. The van der Waals surface area contributed by atoms with Crippen molar-refractivity contribution in [3.8, 4) is 11.5 Å². The molecule has 0 radical (unpaired) electrons. The van der Waals surface area contributed by atoms with Gasteiger partial charge in [-0.25, -0.2) is 0 Å². The summed E-state index contributed by atoms with van der Waals surface area (Å²) in [7, 11) is 0. The minimum absolute atomic E-state index is 0.0432. The predicted octanol–water partition coefficient (Wildman–Crippen LogP) is 1.79. The van der Waals surface area contributed by atoms with Crippen LogP contribution in [0.5, 0.6) is 11.5 Å². The fraction of sp³-hybridized carbons (Fsp3) is 0.448. The zero-order valence-corrected chi connectivity index (χ0v) is 22.1. The van der Waals surface area contributed by atoms with Gasteiger partial charge in [0, 0.05) is 57.5 Å². The van der Waals surface area contributed by atoms with Gasteiger partial charge < -0.3 is 29.9 Å². The zero-order chi connectivity index (χ0) is 27.4. The van der Waals surface area contributed by atoms with Crippen LogP contribution in [-0.4, -0.2) is 78.4 Å². The summed E-state index contributed by atoms with van der Waals surface area (Å²) >= 11 is 0. The van der Waals surface area contributed by atoms with E-state index < -0.39 is 6.04 Å². The van der Waals surface area contributed by atoms with E-state index in [0.29, 0.717) is 62.6 Å². The number of ether oxygens (including phenoxy) is 2. The number of aryl methyl sites for hydroxylation is 1. The van der Waals surface area contributed by atoms with E-state index in [2.05, 4.69) is 10.6 Å². The van der Waals surface area contributed by atoms with Crippen LogP contribution in [0.4, 0.5) is 0 Å². The summed E-state index contributed by atoms with van der Waals surface area (Å²) in [5.74, 6) is 0.572. The van der Waals surface area contributed by atoms with Crippen LogP contribution < -0.4 is 20.1 Å². The standard InChI is InChI=1S/C29H34N4O6/c1-19-4-7-21-15-25(19)38-18-26(34)30-16-20-5-8-22(9-6-20)39-24-10-13-33(17-23(24)31-29(21)37)28(36)11-14-32-12-2-3-27(32)35/h4-9,15,23-24H,2-3,10-14,16-18H2,1H3,(H,30,34)(H,31,37)/t23-,24-/m0/s1.